The average Bonchev–Trinajstić information content (AvgIpc) is 2.63. The fourth-order valence-electron chi connectivity index (χ4n) is 2.31. The zero-order chi connectivity index (χ0) is 18.7. The number of pyridine rings is 1. The van der Waals surface area contributed by atoms with Crippen LogP contribution in [-0.2, 0) is 4.79 Å². The van der Waals surface area contributed by atoms with Gasteiger partial charge in [-0.1, -0.05) is 41.4 Å². The molecule has 0 unspecified atom stereocenters. The summed E-state index contributed by atoms with van der Waals surface area (Å²) in [6.45, 7) is -0.384. The van der Waals surface area contributed by atoms with E-state index in [0.29, 0.717) is 27.4 Å². The smallest absolute Gasteiger partial charge is 0.341 e. The number of phenolic OH excluding ortho intramolecular Hbond substituents is 1. The zero-order valence-corrected chi connectivity index (χ0v) is 14.8. The summed E-state index contributed by atoms with van der Waals surface area (Å²) in [5.41, 5.74) is 1.84. The third-order valence-electron chi connectivity index (χ3n) is 3.57. The minimum absolute atomic E-state index is 0.110. The van der Waals surface area contributed by atoms with Crippen molar-refractivity contribution in [1.29, 1.82) is 0 Å². The second-order valence-electron chi connectivity index (χ2n) is 5.41. The summed E-state index contributed by atoms with van der Waals surface area (Å²) in [6, 6.07) is 12.0. The summed E-state index contributed by atoms with van der Waals surface area (Å²) in [5, 5.41) is 19.9. The summed E-state index contributed by atoms with van der Waals surface area (Å²) < 4.78 is 5.08. The van der Waals surface area contributed by atoms with E-state index < -0.39 is 5.97 Å². The molecule has 0 fully saturated rings. The molecule has 0 saturated heterocycles. The van der Waals surface area contributed by atoms with Crippen LogP contribution in [0.4, 0.5) is 0 Å². The standard InChI is InChI=1S/C19H13Cl2NO4/c20-15-9-16(21)19(25)18-14(15)8-5-12(22-18)4-1-11-2-6-13(7-3-11)26-10-17(23)24/h1-9,25H,10H2,(H,23,24). The number of benzene rings is 2. The summed E-state index contributed by atoms with van der Waals surface area (Å²) in [4.78, 5) is 14.9. The first-order chi connectivity index (χ1) is 12.4. The number of hydrogen-bond acceptors (Lipinski definition) is 4. The third kappa shape index (κ3) is 4.07. The molecule has 0 spiro atoms. The Bertz CT molecular complexity index is 1000. The van der Waals surface area contributed by atoms with Crippen LogP contribution in [-0.4, -0.2) is 27.8 Å². The lowest BCUT2D eigenvalue weighted by Gasteiger charge is -2.06. The van der Waals surface area contributed by atoms with Crippen LogP contribution in [0.2, 0.25) is 10.0 Å². The van der Waals surface area contributed by atoms with Crippen molar-refractivity contribution in [3.05, 3.63) is 63.8 Å². The number of aromatic nitrogens is 1. The summed E-state index contributed by atoms with van der Waals surface area (Å²) in [6.07, 6.45) is 3.61. The van der Waals surface area contributed by atoms with Crippen molar-refractivity contribution in [2.75, 3.05) is 6.61 Å². The van der Waals surface area contributed by atoms with E-state index in [2.05, 4.69) is 4.98 Å². The summed E-state index contributed by atoms with van der Waals surface area (Å²) in [5.74, 6) is -0.663. The van der Waals surface area contributed by atoms with Crippen molar-refractivity contribution >= 4 is 52.2 Å². The van der Waals surface area contributed by atoms with Crippen molar-refractivity contribution in [2.45, 2.75) is 0 Å². The van der Waals surface area contributed by atoms with Gasteiger partial charge in [0.15, 0.2) is 12.4 Å². The summed E-state index contributed by atoms with van der Waals surface area (Å²) >= 11 is 12.1. The number of hydrogen-bond donors (Lipinski definition) is 2. The van der Waals surface area contributed by atoms with Gasteiger partial charge >= 0.3 is 5.97 Å². The Morgan fingerprint density at radius 1 is 1.08 bits per heavy atom. The lowest BCUT2D eigenvalue weighted by molar-refractivity contribution is -0.139. The Balaban J connectivity index is 1.82. The van der Waals surface area contributed by atoms with Gasteiger partial charge < -0.3 is 14.9 Å². The molecular formula is C19H13Cl2NO4. The molecule has 1 aromatic heterocycles. The van der Waals surface area contributed by atoms with E-state index in [1.54, 1.807) is 42.5 Å². The molecule has 1 heterocycles. The zero-order valence-electron chi connectivity index (χ0n) is 13.3. The maximum Gasteiger partial charge on any atom is 0.341 e. The van der Waals surface area contributed by atoms with E-state index in [9.17, 15) is 9.90 Å². The van der Waals surface area contributed by atoms with Crippen LogP contribution in [0.1, 0.15) is 11.3 Å². The first-order valence-corrected chi connectivity index (χ1v) is 8.30. The predicted octanol–water partition coefficient (Wildman–Crippen LogP) is 4.88. The maximum atomic E-state index is 10.5. The van der Waals surface area contributed by atoms with Crippen LogP contribution in [0, 0.1) is 0 Å². The molecular weight excluding hydrogens is 377 g/mol. The van der Waals surface area contributed by atoms with E-state index in [1.807, 2.05) is 6.08 Å². The SMILES string of the molecule is O=C(O)COc1ccc(C=Cc2ccc3c(Cl)cc(Cl)c(O)c3n2)cc1. The number of aliphatic carboxylic acids is 1. The number of aromatic hydroxyl groups is 1. The van der Waals surface area contributed by atoms with Gasteiger partial charge in [0.2, 0.25) is 0 Å². The molecule has 0 atom stereocenters. The molecule has 5 nitrogen and oxygen atoms in total. The molecule has 0 bridgehead atoms. The van der Waals surface area contributed by atoms with E-state index in [-0.39, 0.29) is 17.4 Å². The van der Waals surface area contributed by atoms with Crippen molar-refractivity contribution in [3.63, 3.8) is 0 Å². The number of rotatable bonds is 5. The first kappa shape index (κ1) is 18.0. The molecule has 0 radical (unpaired) electrons. The topological polar surface area (TPSA) is 79.7 Å². The molecule has 2 N–H and O–H groups in total. The number of carboxylic acids is 1. The number of ether oxygens (including phenoxy) is 1. The lowest BCUT2D eigenvalue weighted by Crippen LogP contribution is -2.09. The maximum absolute atomic E-state index is 10.5. The molecule has 0 aliphatic carbocycles. The summed E-state index contributed by atoms with van der Waals surface area (Å²) in [7, 11) is 0. The quantitative estimate of drug-likeness (QED) is 0.649. The van der Waals surface area contributed by atoms with Crippen LogP contribution in [0.15, 0.2) is 42.5 Å². The van der Waals surface area contributed by atoms with Crippen LogP contribution in [0.5, 0.6) is 11.5 Å². The minimum atomic E-state index is -1.03. The second-order valence-corrected chi connectivity index (χ2v) is 6.22. The van der Waals surface area contributed by atoms with E-state index in [0.717, 1.165) is 5.56 Å². The van der Waals surface area contributed by atoms with Gasteiger partial charge in [-0.15, -0.1) is 0 Å². The Morgan fingerprint density at radius 3 is 2.50 bits per heavy atom. The Labute approximate surface area is 159 Å². The largest absolute Gasteiger partial charge is 0.504 e. The van der Waals surface area contributed by atoms with Gasteiger partial charge in [-0.3, -0.25) is 0 Å². The average molecular weight is 390 g/mol. The number of fused-ring (bicyclic) bond motifs is 1. The molecule has 0 amide bonds. The van der Waals surface area contributed by atoms with E-state index in [4.69, 9.17) is 33.0 Å². The normalized spacial score (nSPS) is 11.2. The Morgan fingerprint density at radius 2 is 1.81 bits per heavy atom. The molecule has 0 aliphatic rings. The van der Waals surface area contributed by atoms with Gasteiger partial charge in [0.1, 0.15) is 11.3 Å². The molecule has 0 aliphatic heterocycles. The van der Waals surface area contributed by atoms with Gasteiger partial charge in [0, 0.05) is 5.39 Å². The van der Waals surface area contributed by atoms with Crippen molar-refractivity contribution < 1.29 is 19.7 Å². The van der Waals surface area contributed by atoms with Crippen molar-refractivity contribution in [2.24, 2.45) is 0 Å². The highest BCUT2D eigenvalue weighted by Crippen LogP contribution is 2.36. The molecule has 2 aromatic carbocycles. The van der Waals surface area contributed by atoms with Gasteiger partial charge in [0.25, 0.3) is 0 Å². The molecule has 3 aromatic rings. The number of carbonyl (C=O) groups is 1. The highest BCUT2D eigenvalue weighted by atomic mass is 35.5. The van der Waals surface area contributed by atoms with E-state index in [1.165, 1.54) is 6.07 Å². The van der Waals surface area contributed by atoms with Crippen LogP contribution < -0.4 is 4.74 Å². The Hall–Kier alpha value is -2.76. The number of nitrogens with zero attached hydrogens (tertiary/aromatic N) is 1. The van der Waals surface area contributed by atoms with Crippen LogP contribution in [0.25, 0.3) is 23.1 Å². The molecule has 26 heavy (non-hydrogen) atoms. The van der Waals surface area contributed by atoms with Gasteiger partial charge in [-0.05, 0) is 42.0 Å². The first-order valence-electron chi connectivity index (χ1n) is 7.54. The monoisotopic (exact) mass is 389 g/mol. The van der Waals surface area contributed by atoms with Crippen molar-refractivity contribution in [3.8, 4) is 11.5 Å². The van der Waals surface area contributed by atoms with Gasteiger partial charge in [0.05, 0.1) is 15.7 Å². The van der Waals surface area contributed by atoms with Crippen molar-refractivity contribution in [1.82, 2.24) is 4.98 Å². The lowest BCUT2D eigenvalue weighted by atomic mass is 10.1. The number of carboxylic acid groups (broad SMARTS) is 1. The highest BCUT2D eigenvalue weighted by Gasteiger charge is 2.10. The second kappa shape index (κ2) is 7.64. The molecule has 0 saturated carbocycles. The fourth-order valence-corrected chi connectivity index (χ4v) is 2.83. The van der Waals surface area contributed by atoms with Gasteiger partial charge in [-0.2, -0.15) is 0 Å². The van der Waals surface area contributed by atoms with Gasteiger partial charge in [-0.25, -0.2) is 9.78 Å². The third-order valence-corrected chi connectivity index (χ3v) is 4.17. The minimum Gasteiger partial charge on any atom is -0.504 e. The van der Waals surface area contributed by atoms with Crippen LogP contribution in [0.3, 0.4) is 0 Å². The molecule has 3 rings (SSSR count). The number of halogens is 2. The molecule has 132 valence electrons. The predicted molar refractivity (Wildman–Crippen MR) is 102 cm³/mol. The fraction of sp³-hybridized carbons (Fsp3) is 0.0526. The van der Waals surface area contributed by atoms with E-state index >= 15 is 0 Å². The highest BCUT2D eigenvalue weighted by molar-refractivity contribution is 6.39. The van der Waals surface area contributed by atoms with Crippen LogP contribution >= 0.6 is 23.2 Å². The molecule has 7 heteroatoms. The number of phenols is 1. The Kier molecular flexibility index (Phi) is 5.30.